The minimum absolute atomic E-state index is 0.407. The summed E-state index contributed by atoms with van der Waals surface area (Å²) in [6.45, 7) is 5.56. The Hall–Kier alpha value is -2.11. The second-order valence-electron chi connectivity index (χ2n) is 5.30. The first-order valence-corrected chi connectivity index (χ1v) is 7.35. The first kappa shape index (κ1) is 17.9. The second kappa shape index (κ2) is 9.02. The van der Waals surface area contributed by atoms with Crippen LogP contribution < -0.4 is 25.3 Å². The average Bonchev–Trinajstić information content (AvgIpc) is 2.51. The molecule has 1 aromatic rings. The minimum atomic E-state index is 0.407. The Balaban J connectivity index is 2.80. The number of nitrogens with one attached hydrogen (secondary N) is 1. The number of ether oxygens (including phenoxy) is 3. The molecule has 1 aromatic carbocycles. The quantitative estimate of drug-likeness (QED) is 0.568. The van der Waals surface area contributed by atoms with Gasteiger partial charge >= 0.3 is 0 Å². The van der Waals surface area contributed by atoms with Gasteiger partial charge < -0.3 is 25.3 Å². The van der Waals surface area contributed by atoms with Crippen LogP contribution in [-0.2, 0) is 6.54 Å². The van der Waals surface area contributed by atoms with Gasteiger partial charge in [0.1, 0.15) is 0 Å². The molecule has 6 nitrogen and oxygen atoms in total. The summed E-state index contributed by atoms with van der Waals surface area (Å²) in [5.41, 5.74) is 6.75. The van der Waals surface area contributed by atoms with Crippen molar-refractivity contribution in [1.82, 2.24) is 5.32 Å². The largest absolute Gasteiger partial charge is 0.493 e. The Morgan fingerprint density at radius 1 is 1.14 bits per heavy atom. The van der Waals surface area contributed by atoms with Crippen molar-refractivity contribution in [1.29, 1.82) is 0 Å². The summed E-state index contributed by atoms with van der Waals surface area (Å²) >= 11 is 0. The third kappa shape index (κ3) is 5.02. The summed E-state index contributed by atoms with van der Waals surface area (Å²) in [6.07, 6.45) is 1.05. The Morgan fingerprint density at radius 2 is 1.82 bits per heavy atom. The molecule has 0 unspecified atom stereocenters. The van der Waals surface area contributed by atoms with E-state index in [4.69, 9.17) is 19.9 Å². The molecule has 0 aromatic heterocycles. The van der Waals surface area contributed by atoms with E-state index in [1.165, 1.54) is 0 Å². The highest BCUT2D eigenvalue weighted by Gasteiger charge is 2.15. The SMILES string of the molecule is COc1ccc(CN=C(N)NCCC(C)C)c(OC)c1OC. The molecule has 124 valence electrons. The normalized spacial score (nSPS) is 11.5. The molecule has 6 heteroatoms. The lowest BCUT2D eigenvalue weighted by molar-refractivity contribution is 0.322. The molecular weight excluding hydrogens is 282 g/mol. The molecule has 22 heavy (non-hydrogen) atoms. The molecule has 0 aliphatic rings. The van der Waals surface area contributed by atoms with Gasteiger partial charge in [0.15, 0.2) is 17.5 Å². The fourth-order valence-electron chi connectivity index (χ4n) is 2.00. The number of nitrogens with two attached hydrogens (primary N) is 1. The van der Waals surface area contributed by atoms with Crippen LogP contribution in [0.3, 0.4) is 0 Å². The zero-order valence-electron chi connectivity index (χ0n) is 14.1. The third-order valence-corrected chi connectivity index (χ3v) is 3.23. The molecule has 0 amide bonds. The van der Waals surface area contributed by atoms with Gasteiger partial charge in [0.25, 0.3) is 0 Å². The molecule has 0 atom stereocenters. The van der Waals surface area contributed by atoms with Crippen molar-refractivity contribution >= 4 is 5.96 Å². The highest BCUT2D eigenvalue weighted by Crippen LogP contribution is 2.39. The lowest BCUT2D eigenvalue weighted by Gasteiger charge is -2.15. The summed E-state index contributed by atoms with van der Waals surface area (Å²) in [4.78, 5) is 4.34. The number of hydrogen-bond acceptors (Lipinski definition) is 4. The second-order valence-corrected chi connectivity index (χ2v) is 5.30. The van der Waals surface area contributed by atoms with Crippen molar-refractivity contribution < 1.29 is 14.2 Å². The molecule has 0 spiro atoms. The molecule has 3 N–H and O–H groups in total. The predicted octanol–water partition coefficient (Wildman–Crippen LogP) is 2.16. The van der Waals surface area contributed by atoms with Crippen molar-refractivity contribution in [2.75, 3.05) is 27.9 Å². The molecule has 0 saturated carbocycles. The number of rotatable bonds is 8. The van der Waals surface area contributed by atoms with Crippen LogP contribution in [0, 0.1) is 5.92 Å². The molecule has 0 radical (unpaired) electrons. The molecule has 0 saturated heterocycles. The Labute approximate surface area is 132 Å². The molecule has 1 rings (SSSR count). The zero-order chi connectivity index (χ0) is 16.5. The van der Waals surface area contributed by atoms with E-state index in [1.54, 1.807) is 21.3 Å². The van der Waals surface area contributed by atoms with Gasteiger partial charge in [-0.15, -0.1) is 0 Å². The number of hydrogen-bond donors (Lipinski definition) is 2. The van der Waals surface area contributed by atoms with E-state index in [-0.39, 0.29) is 0 Å². The maximum Gasteiger partial charge on any atom is 0.203 e. The summed E-state index contributed by atoms with van der Waals surface area (Å²) in [5.74, 6) is 2.85. The van der Waals surface area contributed by atoms with Crippen LogP contribution in [0.4, 0.5) is 0 Å². The van der Waals surface area contributed by atoms with Crippen LogP contribution in [0.2, 0.25) is 0 Å². The van der Waals surface area contributed by atoms with E-state index in [1.807, 2.05) is 12.1 Å². The van der Waals surface area contributed by atoms with Crippen LogP contribution in [0.5, 0.6) is 17.2 Å². The predicted molar refractivity (Wildman–Crippen MR) is 88.9 cm³/mol. The first-order valence-electron chi connectivity index (χ1n) is 7.35. The van der Waals surface area contributed by atoms with Gasteiger partial charge in [-0.1, -0.05) is 13.8 Å². The Morgan fingerprint density at radius 3 is 2.36 bits per heavy atom. The van der Waals surface area contributed by atoms with Crippen molar-refractivity contribution in [2.45, 2.75) is 26.8 Å². The standard InChI is InChI=1S/C16H27N3O3/c1-11(2)8-9-18-16(17)19-10-12-6-7-13(20-3)15(22-5)14(12)21-4/h6-7,11H,8-10H2,1-5H3,(H3,17,18,19). The van der Waals surface area contributed by atoms with E-state index in [0.717, 1.165) is 18.5 Å². The lowest BCUT2D eigenvalue weighted by Crippen LogP contribution is -2.32. The van der Waals surface area contributed by atoms with Gasteiger partial charge in [-0.3, -0.25) is 0 Å². The summed E-state index contributed by atoms with van der Waals surface area (Å²) in [6, 6.07) is 3.72. The summed E-state index contributed by atoms with van der Waals surface area (Å²) in [5, 5.41) is 3.10. The van der Waals surface area contributed by atoms with Crippen molar-refractivity contribution in [2.24, 2.45) is 16.6 Å². The van der Waals surface area contributed by atoms with Gasteiger partial charge in [-0.05, 0) is 24.5 Å². The molecule has 0 aliphatic carbocycles. The fraction of sp³-hybridized carbons (Fsp3) is 0.562. The van der Waals surface area contributed by atoms with Gasteiger partial charge in [-0.2, -0.15) is 0 Å². The molecular formula is C16H27N3O3. The molecule has 0 aliphatic heterocycles. The van der Waals surface area contributed by atoms with Crippen molar-refractivity contribution in [3.63, 3.8) is 0 Å². The molecule has 0 bridgehead atoms. The average molecular weight is 309 g/mol. The number of nitrogens with zero attached hydrogens (tertiary/aromatic N) is 1. The topological polar surface area (TPSA) is 78.1 Å². The maximum absolute atomic E-state index is 5.87. The minimum Gasteiger partial charge on any atom is -0.493 e. The van der Waals surface area contributed by atoms with Gasteiger partial charge in [0.2, 0.25) is 5.75 Å². The van der Waals surface area contributed by atoms with Crippen LogP contribution in [0.15, 0.2) is 17.1 Å². The van der Waals surface area contributed by atoms with Gasteiger partial charge in [0, 0.05) is 12.1 Å². The smallest absolute Gasteiger partial charge is 0.203 e. The van der Waals surface area contributed by atoms with E-state index in [2.05, 4.69) is 24.2 Å². The van der Waals surface area contributed by atoms with Crippen LogP contribution >= 0.6 is 0 Å². The van der Waals surface area contributed by atoms with Gasteiger partial charge in [0.05, 0.1) is 27.9 Å². The highest BCUT2D eigenvalue weighted by atomic mass is 16.5. The van der Waals surface area contributed by atoms with Crippen LogP contribution in [0.1, 0.15) is 25.8 Å². The number of aliphatic imine (C=N–C) groups is 1. The summed E-state index contributed by atoms with van der Waals surface area (Å²) < 4.78 is 16.0. The maximum atomic E-state index is 5.87. The van der Waals surface area contributed by atoms with E-state index >= 15 is 0 Å². The van der Waals surface area contributed by atoms with Crippen molar-refractivity contribution in [3.05, 3.63) is 17.7 Å². The monoisotopic (exact) mass is 309 g/mol. The van der Waals surface area contributed by atoms with Crippen molar-refractivity contribution in [3.8, 4) is 17.2 Å². The highest BCUT2D eigenvalue weighted by molar-refractivity contribution is 5.77. The third-order valence-electron chi connectivity index (χ3n) is 3.23. The molecule has 0 fully saturated rings. The van der Waals surface area contributed by atoms with Crippen LogP contribution in [0.25, 0.3) is 0 Å². The van der Waals surface area contributed by atoms with E-state index < -0.39 is 0 Å². The number of methoxy groups -OCH3 is 3. The Kier molecular flexibility index (Phi) is 7.36. The first-order chi connectivity index (χ1) is 10.5. The fourth-order valence-corrected chi connectivity index (χ4v) is 2.00. The van der Waals surface area contributed by atoms with Crippen LogP contribution in [-0.4, -0.2) is 33.8 Å². The number of benzene rings is 1. The van der Waals surface area contributed by atoms with E-state index in [9.17, 15) is 0 Å². The van der Waals surface area contributed by atoms with Gasteiger partial charge in [-0.25, -0.2) is 4.99 Å². The molecule has 0 heterocycles. The zero-order valence-corrected chi connectivity index (χ0v) is 14.1. The summed E-state index contributed by atoms with van der Waals surface area (Å²) in [7, 11) is 4.76. The lowest BCUT2D eigenvalue weighted by atomic mass is 10.1. The number of guanidine groups is 1. The Bertz CT molecular complexity index is 502. The van der Waals surface area contributed by atoms with E-state index in [0.29, 0.717) is 35.7 Å².